The van der Waals surface area contributed by atoms with Crippen LogP contribution in [0.3, 0.4) is 0 Å². The lowest BCUT2D eigenvalue weighted by atomic mass is 10.2. The molecular weight excluding hydrogens is 324 g/mol. The summed E-state index contributed by atoms with van der Waals surface area (Å²) in [6, 6.07) is 7.63. The van der Waals surface area contributed by atoms with Gasteiger partial charge in [-0.25, -0.2) is 8.42 Å². The SMILES string of the molecule is CC1SCCN(S(=O)(=O)CCSc2ccccc2N)C1C. The van der Waals surface area contributed by atoms with Crippen LogP contribution in [0.4, 0.5) is 5.69 Å². The number of benzene rings is 1. The Morgan fingerprint density at radius 3 is 2.81 bits per heavy atom. The van der Waals surface area contributed by atoms with Crippen molar-refractivity contribution >= 4 is 39.2 Å². The Hall–Kier alpha value is -0.370. The predicted molar refractivity (Wildman–Crippen MR) is 93.5 cm³/mol. The molecule has 2 atom stereocenters. The van der Waals surface area contributed by atoms with Crippen molar-refractivity contribution < 1.29 is 8.42 Å². The maximum Gasteiger partial charge on any atom is 0.215 e. The molecule has 1 saturated heterocycles. The molecule has 7 heteroatoms. The highest BCUT2D eigenvalue weighted by Crippen LogP contribution is 2.28. The zero-order valence-corrected chi connectivity index (χ0v) is 14.8. The summed E-state index contributed by atoms with van der Waals surface area (Å²) in [5.41, 5.74) is 6.57. The van der Waals surface area contributed by atoms with Gasteiger partial charge in [-0.05, 0) is 19.1 Å². The van der Waals surface area contributed by atoms with Crippen LogP contribution in [-0.4, -0.2) is 47.8 Å². The largest absolute Gasteiger partial charge is 0.398 e. The summed E-state index contributed by atoms with van der Waals surface area (Å²) in [4.78, 5) is 0.948. The van der Waals surface area contributed by atoms with Crippen LogP contribution in [0.1, 0.15) is 13.8 Å². The minimum atomic E-state index is -3.19. The van der Waals surface area contributed by atoms with Gasteiger partial charge in [0.15, 0.2) is 0 Å². The van der Waals surface area contributed by atoms with Gasteiger partial charge in [-0.1, -0.05) is 19.1 Å². The number of nitrogens with two attached hydrogens (primary N) is 1. The standard InChI is InChI=1S/C14H22N2O2S3/c1-11-12(2)19-8-7-16(11)21(17,18)10-9-20-14-6-4-3-5-13(14)15/h3-6,11-12H,7-10,15H2,1-2H3. The first kappa shape index (κ1) is 17.0. The van der Waals surface area contributed by atoms with E-state index in [0.717, 1.165) is 10.6 Å². The molecule has 2 rings (SSSR count). The molecule has 2 N–H and O–H groups in total. The number of hydrogen-bond donors (Lipinski definition) is 1. The third-order valence-corrected chi connectivity index (χ3v) is 8.34. The fourth-order valence-electron chi connectivity index (χ4n) is 2.28. The van der Waals surface area contributed by atoms with E-state index in [2.05, 4.69) is 6.92 Å². The zero-order valence-electron chi connectivity index (χ0n) is 12.4. The molecule has 1 aliphatic heterocycles. The summed E-state index contributed by atoms with van der Waals surface area (Å²) in [5.74, 6) is 1.57. The van der Waals surface area contributed by atoms with E-state index in [1.807, 2.05) is 43.0 Å². The molecule has 0 aliphatic carbocycles. The van der Waals surface area contributed by atoms with Crippen molar-refractivity contribution in [1.82, 2.24) is 4.31 Å². The smallest absolute Gasteiger partial charge is 0.215 e. The van der Waals surface area contributed by atoms with Crippen molar-refractivity contribution in [3.63, 3.8) is 0 Å². The van der Waals surface area contributed by atoms with Gasteiger partial charge in [0.05, 0.1) is 5.75 Å². The number of sulfonamides is 1. The van der Waals surface area contributed by atoms with Gasteiger partial charge >= 0.3 is 0 Å². The Morgan fingerprint density at radius 1 is 1.38 bits per heavy atom. The summed E-state index contributed by atoms with van der Waals surface area (Å²) in [5, 5.41) is 0.353. The van der Waals surface area contributed by atoms with E-state index in [0.29, 0.717) is 23.2 Å². The van der Waals surface area contributed by atoms with Crippen LogP contribution in [0, 0.1) is 0 Å². The Morgan fingerprint density at radius 2 is 2.10 bits per heavy atom. The summed E-state index contributed by atoms with van der Waals surface area (Å²) < 4.78 is 26.6. The number of nitrogens with zero attached hydrogens (tertiary/aromatic N) is 1. The lowest BCUT2D eigenvalue weighted by Crippen LogP contribution is -2.48. The molecule has 1 aromatic carbocycles. The Kier molecular flexibility index (Phi) is 5.88. The molecule has 0 radical (unpaired) electrons. The quantitative estimate of drug-likeness (QED) is 0.656. The Bertz CT molecular complexity index is 577. The second-order valence-corrected chi connectivity index (χ2v) is 9.79. The number of anilines is 1. The van der Waals surface area contributed by atoms with Crippen molar-refractivity contribution in [2.75, 3.05) is 29.5 Å². The van der Waals surface area contributed by atoms with E-state index < -0.39 is 10.0 Å². The first-order valence-corrected chi connectivity index (χ1v) is 10.6. The van der Waals surface area contributed by atoms with Crippen molar-refractivity contribution in [3.8, 4) is 0 Å². The van der Waals surface area contributed by atoms with E-state index in [1.165, 1.54) is 11.8 Å². The average molecular weight is 347 g/mol. The van der Waals surface area contributed by atoms with Gasteiger partial charge in [-0.3, -0.25) is 0 Å². The van der Waals surface area contributed by atoms with Gasteiger partial charge in [0.25, 0.3) is 0 Å². The first-order chi connectivity index (χ1) is 9.92. The minimum Gasteiger partial charge on any atom is -0.398 e. The first-order valence-electron chi connectivity index (χ1n) is 7.00. The number of para-hydroxylation sites is 1. The zero-order chi connectivity index (χ0) is 15.5. The van der Waals surface area contributed by atoms with Gasteiger partial charge in [0.2, 0.25) is 10.0 Å². The topological polar surface area (TPSA) is 63.4 Å². The van der Waals surface area contributed by atoms with Crippen molar-refractivity contribution in [1.29, 1.82) is 0 Å². The van der Waals surface area contributed by atoms with Crippen LogP contribution in [0.5, 0.6) is 0 Å². The summed E-state index contributed by atoms with van der Waals surface area (Å²) in [6.45, 7) is 4.71. The highest BCUT2D eigenvalue weighted by molar-refractivity contribution is 8.01. The number of thioether (sulfide) groups is 2. The van der Waals surface area contributed by atoms with E-state index in [4.69, 9.17) is 5.73 Å². The van der Waals surface area contributed by atoms with Crippen LogP contribution in [0.25, 0.3) is 0 Å². The lowest BCUT2D eigenvalue weighted by molar-refractivity contribution is 0.341. The third kappa shape index (κ3) is 4.31. The second-order valence-electron chi connectivity index (χ2n) is 5.13. The van der Waals surface area contributed by atoms with Gasteiger partial charge in [0.1, 0.15) is 0 Å². The van der Waals surface area contributed by atoms with Crippen LogP contribution in [-0.2, 0) is 10.0 Å². The van der Waals surface area contributed by atoms with E-state index >= 15 is 0 Å². The molecule has 0 amide bonds. The van der Waals surface area contributed by atoms with Crippen LogP contribution >= 0.6 is 23.5 Å². The van der Waals surface area contributed by atoms with Crippen molar-refractivity contribution in [3.05, 3.63) is 24.3 Å². The molecule has 1 heterocycles. The molecule has 2 unspecified atom stereocenters. The highest BCUT2D eigenvalue weighted by atomic mass is 32.2. The van der Waals surface area contributed by atoms with Crippen LogP contribution < -0.4 is 5.73 Å². The van der Waals surface area contributed by atoms with Gasteiger partial charge in [-0.15, -0.1) is 11.8 Å². The fourth-order valence-corrected chi connectivity index (χ4v) is 6.67. The Labute approximate surface area is 135 Å². The summed E-state index contributed by atoms with van der Waals surface area (Å²) in [7, 11) is -3.19. The molecule has 0 aromatic heterocycles. The van der Waals surface area contributed by atoms with Crippen LogP contribution in [0.2, 0.25) is 0 Å². The molecule has 0 bridgehead atoms. The number of nitrogen functional groups attached to an aromatic ring is 1. The monoisotopic (exact) mass is 346 g/mol. The predicted octanol–water partition coefficient (Wildman–Crippen LogP) is 2.52. The van der Waals surface area contributed by atoms with Gasteiger partial charge < -0.3 is 5.73 Å². The molecule has 1 fully saturated rings. The minimum absolute atomic E-state index is 0.0699. The van der Waals surface area contributed by atoms with Gasteiger partial charge in [0, 0.05) is 39.9 Å². The molecule has 118 valence electrons. The average Bonchev–Trinajstić information content (AvgIpc) is 2.43. The molecule has 0 saturated carbocycles. The second kappa shape index (κ2) is 7.26. The highest BCUT2D eigenvalue weighted by Gasteiger charge is 2.33. The lowest BCUT2D eigenvalue weighted by Gasteiger charge is -2.36. The van der Waals surface area contributed by atoms with Crippen molar-refractivity contribution in [2.45, 2.75) is 30.0 Å². The number of hydrogen-bond acceptors (Lipinski definition) is 5. The molecule has 4 nitrogen and oxygen atoms in total. The molecular formula is C14H22N2O2S3. The maximum atomic E-state index is 12.5. The molecule has 0 spiro atoms. The van der Waals surface area contributed by atoms with E-state index in [9.17, 15) is 8.42 Å². The van der Waals surface area contributed by atoms with E-state index in [1.54, 1.807) is 4.31 Å². The molecule has 1 aliphatic rings. The third-order valence-electron chi connectivity index (χ3n) is 3.70. The molecule has 21 heavy (non-hydrogen) atoms. The normalized spacial score (nSPS) is 24.1. The van der Waals surface area contributed by atoms with Gasteiger partial charge in [-0.2, -0.15) is 16.1 Å². The summed E-state index contributed by atoms with van der Waals surface area (Å²) in [6.07, 6.45) is 0. The fraction of sp³-hybridized carbons (Fsp3) is 0.571. The summed E-state index contributed by atoms with van der Waals surface area (Å²) >= 11 is 3.34. The maximum absolute atomic E-state index is 12.5. The molecule has 1 aromatic rings. The van der Waals surface area contributed by atoms with E-state index in [-0.39, 0.29) is 11.8 Å². The van der Waals surface area contributed by atoms with Crippen molar-refractivity contribution in [2.24, 2.45) is 0 Å². The van der Waals surface area contributed by atoms with Crippen LogP contribution in [0.15, 0.2) is 29.2 Å². The number of rotatable bonds is 5. The Balaban J connectivity index is 1.94.